The van der Waals surface area contributed by atoms with Crippen molar-refractivity contribution in [3.63, 3.8) is 0 Å². The summed E-state index contributed by atoms with van der Waals surface area (Å²) in [6.07, 6.45) is 1.21. The average molecular weight is 370 g/mol. The minimum Gasteiger partial charge on any atom is -0.312 e. The molecule has 0 saturated carbocycles. The van der Waals surface area contributed by atoms with Crippen molar-refractivity contribution in [1.29, 1.82) is 0 Å². The molecule has 1 amide bonds. The molecule has 0 aromatic heterocycles. The standard InChI is InChI=1S/C16H13F3N2O3S/c17-12-7-8-13(16(19)15(12)18)25(23,24)20-10-3-5-11(6-4-10)21-9-1-2-14(21)22/h3-8,20H,1-2,9H2. The third-order valence-electron chi connectivity index (χ3n) is 3.79. The Hall–Kier alpha value is -2.55. The van der Waals surface area contributed by atoms with Gasteiger partial charge >= 0.3 is 0 Å². The molecule has 5 nitrogen and oxygen atoms in total. The topological polar surface area (TPSA) is 66.5 Å². The van der Waals surface area contributed by atoms with E-state index in [0.717, 1.165) is 6.42 Å². The number of hydrogen-bond acceptors (Lipinski definition) is 3. The van der Waals surface area contributed by atoms with Gasteiger partial charge in [0.05, 0.1) is 0 Å². The third kappa shape index (κ3) is 3.32. The van der Waals surface area contributed by atoms with E-state index >= 15 is 0 Å². The summed E-state index contributed by atoms with van der Waals surface area (Å²) in [6, 6.07) is 7.07. The molecule has 1 fully saturated rings. The molecule has 1 saturated heterocycles. The van der Waals surface area contributed by atoms with Gasteiger partial charge in [-0.3, -0.25) is 9.52 Å². The summed E-state index contributed by atoms with van der Waals surface area (Å²) < 4.78 is 66.3. The summed E-state index contributed by atoms with van der Waals surface area (Å²) in [4.78, 5) is 12.3. The van der Waals surface area contributed by atoms with Crippen molar-refractivity contribution in [3.8, 4) is 0 Å². The van der Waals surface area contributed by atoms with E-state index < -0.39 is 32.4 Å². The van der Waals surface area contributed by atoms with E-state index in [1.807, 2.05) is 0 Å². The van der Waals surface area contributed by atoms with E-state index in [9.17, 15) is 26.4 Å². The summed E-state index contributed by atoms with van der Waals surface area (Å²) in [5.74, 6) is -5.13. The number of carbonyl (C=O) groups excluding carboxylic acids is 1. The number of rotatable bonds is 4. The number of amides is 1. The van der Waals surface area contributed by atoms with Crippen LogP contribution in [0.15, 0.2) is 41.3 Å². The van der Waals surface area contributed by atoms with Crippen LogP contribution < -0.4 is 9.62 Å². The average Bonchev–Trinajstić information content (AvgIpc) is 2.99. The second kappa shape index (κ2) is 6.40. The molecule has 0 bridgehead atoms. The van der Waals surface area contributed by atoms with Crippen LogP contribution in [-0.4, -0.2) is 20.9 Å². The van der Waals surface area contributed by atoms with Crippen LogP contribution in [0.25, 0.3) is 0 Å². The molecule has 2 aromatic rings. The van der Waals surface area contributed by atoms with Crippen LogP contribution in [0, 0.1) is 17.5 Å². The zero-order valence-electron chi connectivity index (χ0n) is 12.8. The maximum atomic E-state index is 13.7. The first-order chi connectivity index (χ1) is 11.8. The first kappa shape index (κ1) is 17.3. The minimum absolute atomic E-state index is 0.0165. The molecule has 3 rings (SSSR count). The molecule has 9 heteroatoms. The highest BCUT2D eigenvalue weighted by Gasteiger charge is 2.25. The largest absolute Gasteiger partial charge is 0.312 e. The second-order valence-corrected chi connectivity index (χ2v) is 7.13. The molecule has 1 aliphatic rings. The third-order valence-corrected chi connectivity index (χ3v) is 5.19. The van der Waals surface area contributed by atoms with E-state index in [1.54, 1.807) is 17.0 Å². The normalized spacial score (nSPS) is 14.8. The van der Waals surface area contributed by atoms with E-state index in [0.29, 0.717) is 30.8 Å². The smallest absolute Gasteiger partial charge is 0.264 e. The van der Waals surface area contributed by atoms with Gasteiger partial charge < -0.3 is 4.90 Å². The number of carbonyl (C=O) groups is 1. The van der Waals surface area contributed by atoms with Gasteiger partial charge in [-0.1, -0.05) is 0 Å². The van der Waals surface area contributed by atoms with Crippen molar-refractivity contribution in [1.82, 2.24) is 0 Å². The van der Waals surface area contributed by atoms with Crippen molar-refractivity contribution in [2.24, 2.45) is 0 Å². The highest BCUT2D eigenvalue weighted by molar-refractivity contribution is 7.92. The van der Waals surface area contributed by atoms with Crippen molar-refractivity contribution in [2.75, 3.05) is 16.2 Å². The van der Waals surface area contributed by atoms with Crippen LogP contribution in [0.1, 0.15) is 12.8 Å². The monoisotopic (exact) mass is 370 g/mol. The molecule has 132 valence electrons. The van der Waals surface area contributed by atoms with Crippen LogP contribution in [0.3, 0.4) is 0 Å². The lowest BCUT2D eigenvalue weighted by Gasteiger charge is -2.16. The zero-order chi connectivity index (χ0) is 18.2. The Morgan fingerprint density at radius 1 is 0.960 bits per heavy atom. The van der Waals surface area contributed by atoms with Crippen molar-refractivity contribution in [3.05, 3.63) is 53.8 Å². The van der Waals surface area contributed by atoms with E-state index in [2.05, 4.69) is 4.72 Å². The molecule has 1 N–H and O–H groups in total. The van der Waals surface area contributed by atoms with Crippen LogP contribution in [-0.2, 0) is 14.8 Å². The zero-order valence-corrected chi connectivity index (χ0v) is 13.6. The van der Waals surface area contributed by atoms with Crippen molar-refractivity contribution < 1.29 is 26.4 Å². The lowest BCUT2D eigenvalue weighted by atomic mass is 10.2. The Labute approximate surface area is 142 Å². The first-order valence-electron chi connectivity index (χ1n) is 7.36. The summed E-state index contributed by atoms with van der Waals surface area (Å²) in [6.45, 7) is 0.587. The summed E-state index contributed by atoms with van der Waals surface area (Å²) in [7, 11) is -4.44. The summed E-state index contributed by atoms with van der Waals surface area (Å²) in [5, 5.41) is 0. The number of halogens is 3. The van der Waals surface area contributed by atoms with Gasteiger partial charge in [-0.2, -0.15) is 0 Å². The molecule has 0 unspecified atom stereocenters. The van der Waals surface area contributed by atoms with Gasteiger partial charge in [0.2, 0.25) is 5.91 Å². The number of benzene rings is 2. The van der Waals surface area contributed by atoms with Gasteiger partial charge in [0, 0.05) is 24.3 Å². The molecule has 0 atom stereocenters. The summed E-state index contributed by atoms with van der Waals surface area (Å²) >= 11 is 0. The Kier molecular flexibility index (Phi) is 4.42. The molecule has 0 aliphatic carbocycles. The summed E-state index contributed by atoms with van der Waals surface area (Å²) in [5.41, 5.74) is 0.712. The predicted octanol–water partition coefficient (Wildman–Crippen LogP) is 3.03. The van der Waals surface area contributed by atoms with Gasteiger partial charge in [0.15, 0.2) is 17.5 Å². The Morgan fingerprint density at radius 2 is 1.64 bits per heavy atom. The van der Waals surface area contributed by atoms with Crippen LogP contribution >= 0.6 is 0 Å². The van der Waals surface area contributed by atoms with Crippen LogP contribution in [0.4, 0.5) is 24.5 Å². The lowest BCUT2D eigenvalue weighted by Crippen LogP contribution is -2.23. The molecule has 1 heterocycles. The fraction of sp³-hybridized carbons (Fsp3) is 0.188. The SMILES string of the molecule is O=C1CCCN1c1ccc(NS(=O)(=O)c2ccc(F)c(F)c2F)cc1. The quantitative estimate of drug-likeness (QED) is 0.842. The molecule has 25 heavy (non-hydrogen) atoms. The Balaban J connectivity index is 1.84. The minimum atomic E-state index is -4.44. The fourth-order valence-electron chi connectivity index (χ4n) is 2.56. The molecule has 1 aliphatic heterocycles. The second-order valence-electron chi connectivity index (χ2n) is 5.47. The molecule has 2 aromatic carbocycles. The number of nitrogens with one attached hydrogen (secondary N) is 1. The Bertz CT molecular complexity index is 930. The van der Waals surface area contributed by atoms with Gasteiger partial charge in [-0.05, 0) is 42.8 Å². The number of nitrogens with zero attached hydrogens (tertiary/aromatic N) is 1. The van der Waals surface area contributed by atoms with Crippen molar-refractivity contribution >= 4 is 27.3 Å². The molecule has 0 radical (unpaired) electrons. The maximum Gasteiger partial charge on any atom is 0.264 e. The van der Waals surface area contributed by atoms with E-state index in [1.165, 1.54) is 12.1 Å². The molecular formula is C16H13F3N2O3S. The van der Waals surface area contributed by atoms with Gasteiger partial charge in [-0.25, -0.2) is 21.6 Å². The fourth-order valence-corrected chi connectivity index (χ4v) is 3.69. The Morgan fingerprint density at radius 3 is 2.24 bits per heavy atom. The highest BCUT2D eigenvalue weighted by atomic mass is 32.2. The number of anilines is 2. The predicted molar refractivity (Wildman–Crippen MR) is 85.2 cm³/mol. The van der Waals surface area contributed by atoms with Gasteiger partial charge in [-0.15, -0.1) is 0 Å². The molecule has 0 spiro atoms. The van der Waals surface area contributed by atoms with Gasteiger partial charge in [0.25, 0.3) is 10.0 Å². The first-order valence-corrected chi connectivity index (χ1v) is 8.84. The van der Waals surface area contributed by atoms with Crippen LogP contribution in [0.5, 0.6) is 0 Å². The van der Waals surface area contributed by atoms with E-state index in [-0.39, 0.29) is 11.6 Å². The van der Waals surface area contributed by atoms with Crippen LogP contribution in [0.2, 0.25) is 0 Å². The molecular weight excluding hydrogens is 357 g/mol. The van der Waals surface area contributed by atoms with Crippen molar-refractivity contribution in [2.45, 2.75) is 17.7 Å². The van der Waals surface area contributed by atoms with Gasteiger partial charge in [0.1, 0.15) is 4.90 Å². The van der Waals surface area contributed by atoms with E-state index in [4.69, 9.17) is 0 Å². The highest BCUT2D eigenvalue weighted by Crippen LogP contribution is 2.25. The number of hydrogen-bond donors (Lipinski definition) is 1. The number of sulfonamides is 1. The lowest BCUT2D eigenvalue weighted by molar-refractivity contribution is -0.117. The maximum absolute atomic E-state index is 13.7.